The highest BCUT2D eigenvalue weighted by molar-refractivity contribution is 5.96. The van der Waals surface area contributed by atoms with E-state index < -0.39 is 0 Å². The van der Waals surface area contributed by atoms with Gasteiger partial charge in [0.1, 0.15) is 0 Å². The second kappa shape index (κ2) is 9.47. The van der Waals surface area contributed by atoms with E-state index >= 15 is 0 Å². The molecule has 0 saturated heterocycles. The zero-order valence-corrected chi connectivity index (χ0v) is 17.8. The van der Waals surface area contributed by atoms with Gasteiger partial charge in [-0.15, -0.1) is 0 Å². The van der Waals surface area contributed by atoms with Crippen molar-refractivity contribution in [1.29, 1.82) is 0 Å². The Labute approximate surface area is 180 Å². The van der Waals surface area contributed by atoms with Crippen LogP contribution in [0.4, 0.5) is 0 Å². The van der Waals surface area contributed by atoms with Crippen molar-refractivity contribution >= 4 is 10.8 Å². The summed E-state index contributed by atoms with van der Waals surface area (Å²) in [4.78, 5) is 17.3. The Morgan fingerprint density at radius 3 is 2.29 bits per heavy atom. The lowest BCUT2D eigenvalue weighted by Gasteiger charge is -2.14. The highest BCUT2D eigenvalue weighted by atomic mass is 16.5. The van der Waals surface area contributed by atoms with E-state index in [0.29, 0.717) is 23.4 Å². The number of aryl methyl sites for hydroxylation is 2. The number of imidazole rings is 1. The van der Waals surface area contributed by atoms with Gasteiger partial charge >= 0.3 is 0 Å². The van der Waals surface area contributed by atoms with Crippen molar-refractivity contribution in [3.8, 4) is 22.8 Å². The van der Waals surface area contributed by atoms with Crippen LogP contribution in [0.3, 0.4) is 0 Å². The smallest absolute Gasteiger partial charge is 0.274 e. The molecule has 0 aliphatic carbocycles. The Hall–Kier alpha value is -3.61. The number of hydrogen-bond acceptors (Lipinski definition) is 5. The number of aromatic nitrogens is 4. The first kappa shape index (κ1) is 20.7. The third-order valence-electron chi connectivity index (χ3n) is 5.36. The molecule has 4 rings (SSSR count). The molecule has 4 aromatic rings. The largest absolute Gasteiger partial charge is 0.493 e. The van der Waals surface area contributed by atoms with Gasteiger partial charge in [-0.2, -0.15) is 5.10 Å². The molecular formula is C24H26N4O3. The van der Waals surface area contributed by atoms with E-state index in [1.54, 1.807) is 31.2 Å². The molecule has 0 atom stereocenters. The standard InChI is InChI=1S/C24H26N4O3/c1-30-21-15-19-20(16-22(21)31-2)24(29)28(26-23(19)18-9-5-3-6-10-18)13-8-4-7-12-27-14-11-25-17-27/h3,5-6,9-11,14-17H,4,7-8,12-13H2,1-2H3. The van der Waals surface area contributed by atoms with Crippen molar-refractivity contribution < 1.29 is 9.47 Å². The van der Waals surface area contributed by atoms with Crippen LogP contribution in [0.15, 0.2) is 66.0 Å². The topological polar surface area (TPSA) is 71.2 Å². The zero-order valence-electron chi connectivity index (χ0n) is 17.8. The molecule has 0 bridgehead atoms. The SMILES string of the molecule is COc1cc2c(-c3ccccc3)nn(CCCCCn3ccnc3)c(=O)c2cc1OC. The lowest BCUT2D eigenvalue weighted by atomic mass is 10.0. The second-order valence-electron chi connectivity index (χ2n) is 7.36. The average molecular weight is 418 g/mol. The van der Waals surface area contributed by atoms with Gasteiger partial charge in [0.2, 0.25) is 0 Å². The van der Waals surface area contributed by atoms with Gasteiger partial charge in [-0.1, -0.05) is 30.3 Å². The lowest BCUT2D eigenvalue weighted by molar-refractivity contribution is 0.355. The van der Waals surface area contributed by atoms with Gasteiger partial charge in [0.15, 0.2) is 11.5 Å². The van der Waals surface area contributed by atoms with E-state index in [1.807, 2.05) is 48.9 Å². The van der Waals surface area contributed by atoms with Gasteiger partial charge in [0, 0.05) is 36.4 Å². The fourth-order valence-corrected chi connectivity index (χ4v) is 3.72. The predicted octanol–water partition coefficient (Wildman–Crippen LogP) is 4.15. The molecule has 0 radical (unpaired) electrons. The molecule has 7 heteroatoms. The highest BCUT2D eigenvalue weighted by Gasteiger charge is 2.16. The molecule has 0 aliphatic heterocycles. The number of unbranched alkanes of at least 4 members (excludes halogenated alkanes) is 2. The summed E-state index contributed by atoms with van der Waals surface area (Å²) in [5.74, 6) is 1.11. The summed E-state index contributed by atoms with van der Waals surface area (Å²) in [7, 11) is 3.16. The molecule has 31 heavy (non-hydrogen) atoms. The number of benzene rings is 2. The van der Waals surface area contributed by atoms with E-state index in [4.69, 9.17) is 14.6 Å². The maximum absolute atomic E-state index is 13.2. The van der Waals surface area contributed by atoms with Crippen LogP contribution in [0, 0.1) is 0 Å². The summed E-state index contributed by atoms with van der Waals surface area (Å²) in [6.45, 7) is 1.49. The first-order valence-corrected chi connectivity index (χ1v) is 10.4. The first-order chi connectivity index (χ1) is 15.2. The minimum Gasteiger partial charge on any atom is -0.493 e. The predicted molar refractivity (Wildman–Crippen MR) is 121 cm³/mol. The molecule has 0 fully saturated rings. The third-order valence-corrected chi connectivity index (χ3v) is 5.36. The minimum atomic E-state index is -0.120. The number of hydrogen-bond donors (Lipinski definition) is 0. The molecule has 7 nitrogen and oxygen atoms in total. The van der Waals surface area contributed by atoms with Crippen LogP contribution in [0.1, 0.15) is 19.3 Å². The Morgan fingerprint density at radius 2 is 1.61 bits per heavy atom. The molecule has 160 valence electrons. The quantitative estimate of drug-likeness (QED) is 0.382. The third kappa shape index (κ3) is 4.45. The molecule has 2 heterocycles. The van der Waals surface area contributed by atoms with Crippen LogP contribution in [-0.2, 0) is 13.1 Å². The Morgan fingerprint density at radius 1 is 0.903 bits per heavy atom. The van der Waals surface area contributed by atoms with Crippen molar-refractivity contribution in [2.75, 3.05) is 14.2 Å². The summed E-state index contributed by atoms with van der Waals surface area (Å²) in [6.07, 6.45) is 8.46. The van der Waals surface area contributed by atoms with Gasteiger partial charge in [0.25, 0.3) is 5.56 Å². The van der Waals surface area contributed by atoms with Gasteiger partial charge in [-0.05, 0) is 31.4 Å². The van der Waals surface area contributed by atoms with Crippen molar-refractivity contribution in [3.63, 3.8) is 0 Å². The molecule has 2 aromatic heterocycles. The summed E-state index contributed by atoms with van der Waals surface area (Å²) in [5.41, 5.74) is 1.59. The van der Waals surface area contributed by atoms with Crippen LogP contribution in [0.2, 0.25) is 0 Å². The fourth-order valence-electron chi connectivity index (χ4n) is 3.72. The summed E-state index contributed by atoms with van der Waals surface area (Å²) < 4.78 is 14.5. The van der Waals surface area contributed by atoms with Crippen LogP contribution >= 0.6 is 0 Å². The van der Waals surface area contributed by atoms with Crippen molar-refractivity contribution in [3.05, 3.63) is 71.5 Å². The van der Waals surface area contributed by atoms with Crippen LogP contribution in [0.25, 0.3) is 22.0 Å². The molecule has 0 spiro atoms. The van der Waals surface area contributed by atoms with Crippen LogP contribution < -0.4 is 15.0 Å². The van der Waals surface area contributed by atoms with Gasteiger partial charge in [0.05, 0.1) is 31.6 Å². The molecule has 0 saturated carbocycles. The van der Waals surface area contributed by atoms with Crippen molar-refractivity contribution in [2.24, 2.45) is 0 Å². The van der Waals surface area contributed by atoms with Gasteiger partial charge in [-0.25, -0.2) is 9.67 Å². The zero-order chi connectivity index (χ0) is 21.6. The maximum atomic E-state index is 13.2. The van der Waals surface area contributed by atoms with E-state index in [-0.39, 0.29) is 5.56 Å². The number of ether oxygens (including phenoxy) is 2. The van der Waals surface area contributed by atoms with Crippen LogP contribution in [0.5, 0.6) is 11.5 Å². The number of fused-ring (bicyclic) bond motifs is 1. The van der Waals surface area contributed by atoms with E-state index in [2.05, 4.69) is 9.55 Å². The molecule has 2 aromatic carbocycles. The van der Waals surface area contributed by atoms with Gasteiger partial charge in [-0.3, -0.25) is 4.79 Å². The second-order valence-corrected chi connectivity index (χ2v) is 7.36. The number of nitrogens with zero attached hydrogens (tertiary/aromatic N) is 4. The monoisotopic (exact) mass is 418 g/mol. The first-order valence-electron chi connectivity index (χ1n) is 10.4. The molecule has 0 N–H and O–H groups in total. The van der Waals surface area contributed by atoms with Crippen molar-refractivity contribution in [2.45, 2.75) is 32.4 Å². The molecule has 0 amide bonds. The summed E-state index contributed by atoms with van der Waals surface area (Å²) in [5, 5.41) is 6.07. The van der Waals surface area contributed by atoms with E-state index in [0.717, 1.165) is 42.5 Å². The van der Waals surface area contributed by atoms with Crippen molar-refractivity contribution in [1.82, 2.24) is 19.3 Å². The number of rotatable bonds is 9. The summed E-state index contributed by atoms with van der Waals surface area (Å²) in [6, 6.07) is 13.5. The van der Waals surface area contributed by atoms with Gasteiger partial charge < -0.3 is 14.0 Å². The normalized spacial score (nSPS) is 11.0. The average Bonchev–Trinajstić information content (AvgIpc) is 3.33. The Bertz CT molecular complexity index is 1200. The minimum absolute atomic E-state index is 0.120. The number of methoxy groups -OCH3 is 2. The van der Waals surface area contributed by atoms with E-state index in [1.165, 1.54) is 0 Å². The Balaban J connectivity index is 1.66. The van der Waals surface area contributed by atoms with Crippen LogP contribution in [-0.4, -0.2) is 33.6 Å². The Kier molecular flexibility index (Phi) is 6.31. The molecule has 0 aliphatic rings. The lowest BCUT2D eigenvalue weighted by Crippen LogP contribution is -2.24. The molecular weight excluding hydrogens is 392 g/mol. The molecule has 0 unspecified atom stereocenters. The fraction of sp³-hybridized carbons (Fsp3) is 0.292. The maximum Gasteiger partial charge on any atom is 0.274 e. The summed E-state index contributed by atoms with van der Waals surface area (Å²) >= 11 is 0. The van der Waals surface area contributed by atoms with E-state index in [9.17, 15) is 4.79 Å². The highest BCUT2D eigenvalue weighted by Crippen LogP contribution is 2.34.